The van der Waals surface area contributed by atoms with E-state index >= 15 is 0 Å². The van der Waals surface area contributed by atoms with Gasteiger partial charge < -0.3 is 0 Å². The number of nitrogens with zero attached hydrogens (tertiary/aromatic N) is 2. The SMILES string of the molecule is CN(C)C(c1ccccc1)C1CCCC1[PH](C[C@@]1(C(c2ccccc2)N(C)C)CCCC1P(c1ccccc1)c1ccccc1)(c1ccccc1)c1ccccc1. The molecule has 2 nitrogen and oxygen atoms in total. The van der Waals surface area contributed by atoms with E-state index < -0.39 is 15.2 Å². The maximum atomic E-state index is 2.63. The van der Waals surface area contributed by atoms with Crippen molar-refractivity contribution < 1.29 is 0 Å². The Kier molecular flexibility index (Phi) is 12.6. The van der Waals surface area contributed by atoms with E-state index in [1.54, 1.807) is 10.6 Å². The van der Waals surface area contributed by atoms with Gasteiger partial charge in [0, 0.05) is 0 Å². The molecule has 0 radical (unpaired) electrons. The fraction of sp³-hybridized carbons (Fsp3) is 0.321. The van der Waals surface area contributed by atoms with Crippen molar-refractivity contribution in [1.29, 1.82) is 0 Å². The molecule has 294 valence electrons. The first kappa shape index (κ1) is 39.9. The molecule has 2 aliphatic carbocycles. The van der Waals surface area contributed by atoms with Crippen LogP contribution in [0, 0.1) is 11.3 Å². The number of rotatable bonds is 14. The van der Waals surface area contributed by atoms with Crippen molar-refractivity contribution in [3.8, 4) is 0 Å². The molecule has 57 heavy (non-hydrogen) atoms. The fourth-order valence-electron chi connectivity index (χ4n) is 12.0. The molecule has 5 unspecified atom stereocenters. The monoisotopic (exact) mass is 788 g/mol. The van der Waals surface area contributed by atoms with Crippen LogP contribution < -0.4 is 21.2 Å². The van der Waals surface area contributed by atoms with E-state index in [1.165, 1.54) is 66.4 Å². The summed E-state index contributed by atoms with van der Waals surface area (Å²) in [6.07, 6.45) is 8.80. The van der Waals surface area contributed by atoms with Gasteiger partial charge in [-0.3, -0.25) is 0 Å². The zero-order valence-corrected chi connectivity index (χ0v) is 36.4. The van der Waals surface area contributed by atoms with Gasteiger partial charge in [0.2, 0.25) is 0 Å². The van der Waals surface area contributed by atoms with Gasteiger partial charge in [-0.2, -0.15) is 0 Å². The summed E-state index contributed by atoms with van der Waals surface area (Å²) >= 11 is 0. The number of hydrogen-bond donors (Lipinski definition) is 0. The molecule has 0 aromatic heterocycles. The molecule has 2 fully saturated rings. The third-order valence-electron chi connectivity index (χ3n) is 13.8. The van der Waals surface area contributed by atoms with Crippen LogP contribution in [-0.4, -0.2) is 55.5 Å². The summed E-state index contributed by atoms with van der Waals surface area (Å²) in [7, 11) is 6.13. The molecular formula is C53H62N2P2. The molecule has 4 heteroatoms. The molecule has 0 amide bonds. The molecule has 0 bridgehead atoms. The van der Waals surface area contributed by atoms with Crippen LogP contribution in [0.1, 0.15) is 61.7 Å². The number of hydrogen-bond acceptors (Lipinski definition) is 2. The Morgan fingerprint density at radius 2 is 0.982 bits per heavy atom. The third kappa shape index (κ3) is 7.85. The van der Waals surface area contributed by atoms with Crippen LogP contribution in [-0.2, 0) is 0 Å². The molecule has 8 rings (SSSR count). The summed E-state index contributed by atoms with van der Waals surface area (Å²) in [5, 5.41) is 6.28. The van der Waals surface area contributed by atoms with Crippen LogP contribution in [0.2, 0.25) is 0 Å². The van der Waals surface area contributed by atoms with Crippen LogP contribution >= 0.6 is 15.2 Å². The van der Waals surface area contributed by atoms with Gasteiger partial charge in [0.25, 0.3) is 0 Å². The Morgan fingerprint density at radius 1 is 0.526 bits per heavy atom. The molecule has 6 atom stereocenters. The third-order valence-corrected chi connectivity index (χ3v) is 22.9. The Bertz CT molecular complexity index is 2030. The second kappa shape index (κ2) is 17.9. The standard InChI is InChI=1S/C53H62N2P2/c1-54(2)51(42-25-11-5-12-26-42)48-37-23-38-49(48)57(46-33-19-9-20-34-46,47-35-21-10-22-36-47)41-53(52(55(3)4)43-27-13-6-14-28-43)40-24-39-50(53)56(44-29-15-7-16-30-44)45-31-17-8-18-32-45/h5-22,25-36,48-52,57H,23-24,37-41H2,1-4H3/t48?,49?,50?,51?,52?,53-/m0/s1. The fourth-order valence-corrected chi connectivity index (χ4v) is 22.4. The predicted molar refractivity (Wildman–Crippen MR) is 251 cm³/mol. The molecular weight excluding hydrogens is 727 g/mol. The number of benzene rings is 6. The van der Waals surface area contributed by atoms with Gasteiger partial charge in [-0.25, -0.2) is 0 Å². The van der Waals surface area contributed by atoms with Crippen molar-refractivity contribution in [2.24, 2.45) is 11.3 Å². The first-order valence-electron chi connectivity index (χ1n) is 21.4. The maximum absolute atomic E-state index is 2.63. The van der Waals surface area contributed by atoms with Gasteiger partial charge in [0.05, 0.1) is 0 Å². The van der Waals surface area contributed by atoms with Crippen LogP contribution in [0.5, 0.6) is 0 Å². The van der Waals surface area contributed by atoms with E-state index in [0.29, 0.717) is 23.3 Å². The minimum atomic E-state index is -2.63. The normalized spacial score (nSPS) is 22.5. The average molecular weight is 789 g/mol. The van der Waals surface area contributed by atoms with E-state index in [-0.39, 0.29) is 11.5 Å². The van der Waals surface area contributed by atoms with Crippen molar-refractivity contribution in [3.05, 3.63) is 193 Å². The Morgan fingerprint density at radius 3 is 1.46 bits per heavy atom. The second-order valence-electron chi connectivity index (χ2n) is 17.4. The van der Waals surface area contributed by atoms with E-state index in [9.17, 15) is 0 Å². The zero-order valence-electron chi connectivity index (χ0n) is 34.5. The van der Waals surface area contributed by atoms with E-state index in [1.807, 2.05) is 0 Å². The summed E-state index contributed by atoms with van der Waals surface area (Å²) in [6, 6.07) is 71.2. The van der Waals surface area contributed by atoms with Crippen molar-refractivity contribution in [3.63, 3.8) is 0 Å². The zero-order chi connectivity index (χ0) is 39.2. The summed E-state index contributed by atoms with van der Waals surface area (Å²) in [6.45, 7) is 0. The molecule has 6 aromatic rings. The van der Waals surface area contributed by atoms with E-state index in [2.05, 4.69) is 220 Å². The van der Waals surface area contributed by atoms with Gasteiger partial charge in [0.1, 0.15) is 0 Å². The van der Waals surface area contributed by atoms with Crippen molar-refractivity contribution >= 4 is 36.4 Å². The average Bonchev–Trinajstić information content (AvgIpc) is 3.90. The van der Waals surface area contributed by atoms with E-state index in [0.717, 1.165) is 0 Å². The first-order valence-corrected chi connectivity index (χ1v) is 25.1. The Hall–Kier alpha value is -3.90. The quantitative estimate of drug-likeness (QED) is 0.101. The van der Waals surface area contributed by atoms with Gasteiger partial charge in [-0.05, 0) is 0 Å². The summed E-state index contributed by atoms with van der Waals surface area (Å²) in [4.78, 5) is 5.18. The van der Waals surface area contributed by atoms with E-state index in [4.69, 9.17) is 0 Å². The minimum absolute atomic E-state index is 0.00758. The van der Waals surface area contributed by atoms with Gasteiger partial charge in [0.15, 0.2) is 0 Å². The van der Waals surface area contributed by atoms with Gasteiger partial charge >= 0.3 is 347 Å². The molecule has 0 heterocycles. The molecule has 0 spiro atoms. The summed E-state index contributed by atoms with van der Waals surface area (Å²) in [5.74, 6) is 0.547. The predicted octanol–water partition coefficient (Wildman–Crippen LogP) is 10.8. The second-order valence-corrected chi connectivity index (χ2v) is 23.9. The van der Waals surface area contributed by atoms with Gasteiger partial charge in [-0.15, -0.1) is 0 Å². The molecule has 0 aliphatic heterocycles. The van der Waals surface area contributed by atoms with Crippen LogP contribution in [0.3, 0.4) is 0 Å². The van der Waals surface area contributed by atoms with Crippen LogP contribution in [0.15, 0.2) is 182 Å². The molecule has 6 aromatic carbocycles. The van der Waals surface area contributed by atoms with Crippen LogP contribution in [0.4, 0.5) is 0 Å². The van der Waals surface area contributed by atoms with Crippen molar-refractivity contribution in [2.45, 2.75) is 61.9 Å². The van der Waals surface area contributed by atoms with Crippen molar-refractivity contribution in [2.75, 3.05) is 34.4 Å². The van der Waals surface area contributed by atoms with Crippen LogP contribution in [0.25, 0.3) is 0 Å². The molecule has 2 saturated carbocycles. The molecule has 2 aliphatic rings. The molecule has 0 saturated heterocycles. The topological polar surface area (TPSA) is 6.48 Å². The first-order chi connectivity index (χ1) is 27.9. The van der Waals surface area contributed by atoms with Crippen molar-refractivity contribution in [1.82, 2.24) is 9.80 Å². The molecule has 0 N–H and O–H groups in total. The van der Waals surface area contributed by atoms with Gasteiger partial charge in [-0.1, -0.05) is 0 Å². The summed E-state index contributed by atoms with van der Waals surface area (Å²) < 4.78 is 0. The Labute approximate surface area is 345 Å². The Balaban J connectivity index is 1.43. The summed E-state index contributed by atoms with van der Waals surface area (Å²) in [5.41, 5.74) is 4.01.